The Morgan fingerprint density at radius 1 is 0.900 bits per heavy atom. The first-order chi connectivity index (χ1) is 13.8. The van der Waals surface area contributed by atoms with Crippen molar-refractivity contribution in [1.29, 1.82) is 0 Å². The minimum atomic E-state index is -0.528. The Balaban J connectivity index is 0.000000300. The molecule has 0 amide bonds. The highest BCUT2D eigenvalue weighted by molar-refractivity contribution is 9.09. The van der Waals surface area contributed by atoms with Crippen LogP contribution in [0.1, 0.15) is 52.7 Å². The molecular formula is C20H31BrN4O5. The highest BCUT2D eigenvalue weighted by atomic mass is 79.9. The van der Waals surface area contributed by atoms with Crippen molar-refractivity contribution < 1.29 is 24.2 Å². The van der Waals surface area contributed by atoms with Gasteiger partial charge in [0.25, 0.3) is 0 Å². The zero-order chi connectivity index (χ0) is 22.9. The molecule has 0 aliphatic rings. The molecule has 0 bridgehead atoms. The van der Waals surface area contributed by atoms with E-state index < -0.39 is 23.4 Å². The summed E-state index contributed by atoms with van der Waals surface area (Å²) in [5.74, 6) is 0. The minimum Gasteiger partial charge on any atom is -0.442 e. The Morgan fingerprint density at radius 3 is 1.63 bits per heavy atom. The van der Waals surface area contributed by atoms with Gasteiger partial charge in [-0.05, 0) is 65.5 Å². The van der Waals surface area contributed by atoms with Crippen LogP contribution in [0.5, 0.6) is 0 Å². The van der Waals surface area contributed by atoms with E-state index in [1.54, 1.807) is 45.6 Å². The molecule has 0 aliphatic carbocycles. The standard InChI is InChI=1S/C10H15BrN2O2.C10H16N2O3/c1-10(2,3)15-9(14)13-7-8(4-5-11)6-12-13;1-10(2,3)15-9(14)12-7-8(4-5-13)6-11-12/h6-7H,4-5H2,1-3H3;6-7,13H,4-5H2,1-3H3. The summed E-state index contributed by atoms with van der Waals surface area (Å²) in [5.41, 5.74) is 0.805. The topological polar surface area (TPSA) is 108 Å². The second-order valence-corrected chi connectivity index (χ2v) is 9.25. The largest absolute Gasteiger partial charge is 0.442 e. The van der Waals surface area contributed by atoms with Gasteiger partial charge in [-0.25, -0.2) is 9.59 Å². The average Bonchev–Trinajstić information content (AvgIpc) is 3.23. The molecule has 30 heavy (non-hydrogen) atoms. The van der Waals surface area contributed by atoms with E-state index in [9.17, 15) is 9.59 Å². The van der Waals surface area contributed by atoms with Crippen LogP contribution in [0, 0.1) is 0 Å². The van der Waals surface area contributed by atoms with Crippen LogP contribution < -0.4 is 0 Å². The molecule has 0 spiro atoms. The third-order valence-corrected chi connectivity index (χ3v) is 3.61. The second kappa shape index (κ2) is 11.3. The number of aromatic nitrogens is 4. The number of alkyl halides is 1. The quantitative estimate of drug-likeness (QED) is 0.654. The lowest BCUT2D eigenvalue weighted by molar-refractivity contribution is 0.0503. The maximum Gasteiger partial charge on any atom is 0.435 e. The van der Waals surface area contributed by atoms with Crippen molar-refractivity contribution in [2.75, 3.05) is 11.9 Å². The van der Waals surface area contributed by atoms with Gasteiger partial charge in [-0.3, -0.25) is 0 Å². The van der Waals surface area contributed by atoms with Crippen LogP contribution in [0.3, 0.4) is 0 Å². The third kappa shape index (κ3) is 10.0. The first kappa shape index (κ1) is 25.8. The summed E-state index contributed by atoms with van der Waals surface area (Å²) in [4.78, 5) is 23.0. The van der Waals surface area contributed by atoms with Gasteiger partial charge in [0.15, 0.2) is 0 Å². The van der Waals surface area contributed by atoms with Gasteiger partial charge in [0.2, 0.25) is 0 Å². The smallest absolute Gasteiger partial charge is 0.435 e. The fraction of sp³-hybridized carbons (Fsp3) is 0.600. The third-order valence-electron chi connectivity index (χ3n) is 3.22. The lowest BCUT2D eigenvalue weighted by Crippen LogP contribution is -2.27. The number of carbonyl (C=O) groups is 2. The lowest BCUT2D eigenvalue weighted by Gasteiger charge is -2.18. The van der Waals surface area contributed by atoms with Crippen molar-refractivity contribution in [3.05, 3.63) is 35.9 Å². The van der Waals surface area contributed by atoms with Crippen LogP contribution in [0.15, 0.2) is 24.8 Å². The number of aliphatic hydroxyl groups excluding tert-OH is 1. The van der Waals surface area contributed by atoms with Gasteiger partial charge < -0.3 is 14.6 Å². The molecule has 0 unspecified atom stereocenters. The lowest BCUT2D eigenvalue weighted by atomic mass is 10.2. The van der Waals surface area contributed by atoms with Crippen molar-refractivity contribution in [3.8, 4) is 0 Å². The zero-order valence-corrected chi connectivity index (χ0v) is 20.0. The maximum absolute atomic E-state index is 11.5. The molecule has 9 nitrogen and oxygen atoms in total. The van der Waals surface area contributed by atoms with E-state index in [1.807, 2.05) is 20.8 Å². The monoisotopic (exact) mass is 486 g/mol. The van der Waals surface area contributed by atoms with E-state index >= 15 is 0 Å². The Bertz CT molecular complexity index is 750. The van der Waals surface area contributed by atoms with E-state index in [4.69, 9.17) is 14.6 Å². The summed E-state index contributed by atoms with van der Waals surface area (Å²) in [6, 6.07) is 0. The number of ether oxygens (including phenoxy) is 2. The highest BCUT2D eigenvalue weighted by Crippen LogP contribution is 2.10. The van der Waals surface area contributed by atoms with Gasteiger partial charge in [-0.15, -0.1) is 0 Å². The summed E-state index contributed by atoms with van der Waals surface area (Å²) in [6.45, 7) is 10.9. The number of carbonyl (C=O) groups excluding carboxylic acids is 2. The predicted molar refractivity (Wildman–Crippen MR) is 116 cm³/mol. The molecule has 0 atom stereocenters. The normalized spacial score (nSPS) is 11.5. The summed E-state index contributed by atoms with van der Waals surface area (Å²) in [5, 5.41) is 17.3. The summed E-state index contributed by atoms with van der Waals surface area (Å²) >= 11 is 3.33. The van der Waals surface area contributed by atoms with E-state index in [1.165, 1.54) is 4.68 Å². The van der Waals surface area contributed by atoms with E-state index in [-0.39, 0.29) is 6.61 Å². The van der Waals surface area contributed by atoms with Crippen molar-refractivity contribution in [2.24, 2.45) is 0 Å². The molecule has 0 radical (unpaired) electrons. The van der Waals surface area contributed by atoms with Crippen molar-refractivity contribution >= 4 is 28.1 Å². The van der Waals surface area contributed by atoms with Crippen LogP contribution >= 0.6 is 15.9 Å². The van der Waals surface area contributed by atoms with Gasteiger partial charge >= 0.3 is 12.2 Å². The van der Waals surface area contributed by atoms with Crippen molar-refractivity contribution in [1.82, 2.24) is 19.6 Å². The zero-order valence-electron chi connectivity index (χ0n) is 18.4. The van der Waals surface area contributed by atoms with Gasteiger partial charge in [0, 0.05) is 24.3 Å². The maximum atomic E-state index is 11.5. The molecule has 1 N–H and O–H groups in total. The van der Waals surface area contributed by atoms with Crippen LogP contribution in [-0.4, -0.2) is 60.0 Å². The summed E-state index contributed by atoms with van der Waals surface area (Å²) < 4.78 is 12.6. The molecule has 10 heteroatoms. The number of hydrogen-bond donors (Lipinski definition) is 1. The van der Waals surface area contributed by atoms with Crippen LogP contribution in [0.4, 0.5) is 9.59 Å². The molecule has 2 aromatic heterocycles. The van der Waals surface area contributed by atoms with Gasteiger partial charge in [-0.2, -0.15) is 19.6 Å². The molecule has 0 aromatic carbocycles. The second-order valence-electron chi connectivity index (χ2n) is 8.46. The van der Waals surface area contributed by atoms with Gasteiger partial charge in [0.05, 0.1) is 12.4 Å². The molecule has 0 aliphatic heterocycles. The average molecular weight is 487 g/mol. The van der Waals surface area contributed by atoms with Crippen LogP contribution in [0.2, 0.25) is 0 Å². The SMILES string of the molecule is CC(C)(C)OC(=O)n1cc(CCBr)cn1.CC(C)(C)OC(=O)n1cc(CCO)cn1. The number of rotatable bonds is 4. The van der Waals surface area contributed by atoms with Crippen LogP contribution in [-0.2, 0) is 22.3 Å². The van der Waals surface area contributed by atoms with Crippen molar-refractivity contribution in [2.45, 2.75) is 65.6 Å². The Labute approximate surface area is 185 Å². The van der Waals surface area contributed by atoms with Crippen molar-refractivity contribution in [3.63, 3.8) is 0 Å². The fourth-order valence-electron chi connectivity index (χ4n) is 2.03. The Hall–Kier alpha value is -2.20. The number of aryl methyl sites for hydroxylation is 1. The Kier molecular flexibility index (Phi) is 9.70. The summed E-state index contributed by atoms with van der Waals surface area (Å²) in [7, 11) is 0. The van der Waals surface area contributed by atoms with Gasteiger partial charge in [-0.1, -0.05) is 15.9 Å². The van der Waals surface area contributed by atoms with E-state index in [2.05, 4.69) is 26.1 Å². The van der Waals surface area contributed by atoms with E-state index in [0.29, 0.717) is 6.42 Å². The van der Waals surface area contributed by atoms with E-state index in [0.717, 1.165) is 27.6 Å². The number of halogens is 1. The number of hydrogen-bond acceptors (Lipinski definition) is 7. The Morgan fingerprint density at radius 2 is 1.30 bits per heavy atom. The molecule has 0 fully saturated rings. The molecular weight excluding hydrogens is 456 g/mol. The number of nitrogens with zero attached hydrogens (tertiary/aromatic N) is 4. The highest BCUT2D eigenvalue weighted by Gasteiger charge is 2.19. The molecule has 2 rings (SSSR count). The molecule has 168 valence electrons. The van der Waals surface area contributed by atoms with Crippen LogP contribution in [0.25, 0.3) is 0 Å². The fourth-order valence-corrected chi connectivity index (χ4v) is 2.49. The molecule has 2 heterocycles. The molecule has 2 aromatic rings. The van der Waals surface area contributed by atoms with Gasteiger partial charge in [0.1, 0.15) is 11.2 Å². The predicted octanol–water partition coefficient (Wildman–Crippen LogP) is 3.80. The minimum absolute atomic E-state index is 0.0417. The first-order valence-electron chi connectivity index (χ1n) is 9.55. The molecule has 0 saturated heterocycles. The molecule has 0 saturated carbocycles. The summed E-state index contributed by atoms with van der Waals surface area (Å²) in [6.07, 6.45) is 6.85. The number of aliphatic hydroxyl groups is 1. The first-order valence-corrected chi connectivity index (χ1v) is 10.7.